The fourth-order valence-corrected chi connectivity index (χ4v) is 6.03. The van der Waals surface area contributed by atoms with Gasteiger partial charge in [-0.2, -0.15) is 0 Å². The van der Waals surface area contributed by atoms with E-state index in [1.807, 2.05) is 12.2 Å². The summed E-state index contributed by atoms with van der Waals surface area (Å²) in [5, 5.41) is 21.5. The van der Waals surface area contributed by atoms with Crippen molar-refractivity contribution in [2.45, 2.75) is 109 Å². The van der Waals surface area contributed by atoms with Gasteiger partial charge in [-0.05, 0) is 44.4 Å². The number of Topliss-reactive ketones (excluding diaryl/α,β-unsaturated/α-hetero) is 1. The molecule has 4 nitrogen and oxygen atoms in total. The fourth-order valence-electron chi connectivity index (χ4n) is 6.03. The number of aliphatic hydroxyl groups is 2. The molecule has 2 unspecified atom stereocenters. The summed E-state index contributed by atoms with van der Waals surface area (Å²) < 4.78 is 6.28. The van der Waals surface area contributed by atoms with Gasteiger partial charge in [-0.25, -0.2) is 0 Å². The molecule has 3 fully saturated rings. The number of carbonyl (C=O) groups excluding carboxylic acids is 1. The first kappa shape index (κ1) is 23.0. The molecule has 3 aliphatic rings. The van der Waals surface area contributed by atoms with Crippen LogP contribution in [0.4, 0.5) is 0 Å². The highest BCUT2D eigenvalue weighted by Crippen LogP contribution is 2.56. The zero-order valence-corrected chi connectivity index (χ0v) is 18.5. The van der Waals surface area contributed by atoms with Crippen molar-refractivity contribution in [3.05, 3.63) is 12.2 Å². The number of carbonyl (C=O) groups is 1. The Kier molecular flexibility index (Phi) is 8.35. The van der Waals surface area contributed by atoms with Crippen molar-refractivity contribution in [3.63, 3.8) is 0 Å². The molecule has 0 heterocycles. The summed E-state index contributed by atoms with van der Waals surface area (Å²) in [6.45, 7) is 4.91. The molecule has 0 amide bonds. The van der Waals surface area contributed by atoms with Crippen molar-refractivity contribution < 1.29 is 19.7 Å². The number of hydrogen-bond acceptors (Lipinski definition) is 4. The Morgan fingerprint density at radius 1 is 1.14 bits per heavy atom. The summed E-state index contributed by atoms with van der Waals surface area (Å²) >= 11 is 0. The van der Waals surface area contributed by atoms with Crippen molar-refractivity contribution in [1.82, 2.24) is 0 Å². The lowest BCUT2D eigenvalue weighted by molar-refractivity contribution is -0.217. The quantitative estimate of drug-likeness (QED) is 0.403. The normalized spacial score (nSPS) is 36.8. The van der Waals surface area contributed by atoms with Crippen LogP contribution in [0.5, 0.6) is 0 Å². The summed E-state index contributed by atoms with van der Waals surface area (Å²) in [6.07, 6.45) is 15.2. The minimum absolute atomic E-state index is 0.00648. The summed E-state index contributed by atoms with van der Waals surface area (Å²) in [5.74, 6) is 0.559. The molecular formula is C25H42O4. The van der Waals surface area contributed by atoms with Gasteiger partial charge in [-0.15, -0.1) is 0 Å². The van der Waals surface area contributed by atoms with Gasteiger partial charge in [0.1, 0.15) is 5.60 Å². The van der Waals surface area contributed by atoms with Crippen molar-refractivity contribution in [1.29, 1.82) is 0 Å². The predicted octanol–water partition coefficient (Wildman–Crippen LogP) is 4.82. The van der Waals surface area contributed by atoms with E-state index in [1.54, 1.807) is 0 Å². The van der Waals surface area contributed by atoms with Crippen LogP contribution in [0.25, 0.3) is 0 Å². The first-order valence-electron chi connectivity index (χ1n) is 12.3. The van der Waals surface area contributed by atoms with E-state index in [1.165, 1.54) is 19.3 Å². The maximum Gasteiger partial charge on any atom is 0.168 e. The Bertz CT molecular complexity index is 553. The van der Waals surface area contributed by atoms with E-state index in [4.69, 9.17) is 4.74 Å². The topological polar surface area (TPSA) is 66.8 Å². The summed E-state index contributed by atoms with van der Waals surface area (Å²) in [5.41, 5.74) is -0.697. The van der Waals surface area contributed by atoms with Crippen LogP contribution in [0.15, 0.2) is 12.2 Å². The average Bonchev–Trinajstić information content (AvgIpc) is 2.75. The van der Waals surface area contributed by atoms with E-state index in [9.17, 15) is 15.0 Å². The predicted molar refractivity (Wildman–Crippen MR) is 116 cm³/mol. The zero-order valence-electron chi connectivity index (χ0n) is 18.5. The van der Waals surface area contributed by atoms with Gasteiger partial charge in [0.2, 0.25) is 0 Å². The first-order chi connectivity index (χ1) is 14.0. The minimum Gasteiger partial charge on any atom is -0.393 e. The van der Waals surface area contributed by atoms with E-state index < -0.39 is 17.8 Å². The van der Waals surface area contributed by atoms with Crippen LogP contribution in [0.2, 0.25) is 0 Å². The standard InChI is InChI=1S/C25H42O4/c1-3-5-12-20-23-19(13-14-21(26)18-10-8-7-9-11-18)22(27)15-16-25(23,24(20)28)29-17-6-4-2/h13-14,18-23,26-27H,3-12,15-17H2,1-2H3/b14-13+/t19-,20?,21+,22+,23-,25?/m1/s1. The smallest absolute Gasteiger partial charge is 0.168 e. The zero-order chi connectivity index (χ0) is 20.9. The van der Waals surface area contributed by atoms with Gasteiger partial charge in [-0.1, -0.05) is 64.5 Å². The van der Waals surface area contributed by atoms with E-state index >= 15 is 0 Å². The van der Waals surface area contributed by atoms with Gasteiger partial charge < -0.3 is 14.9 Å². The molecule has 0 bridgehead atoms. The first-order valence-corrected chi connectivity index (χ1v) is 12.3. The maximum absolute atomic E-state index is 13.2. The third kappa shape index (κ3) is 4.80. The monoisotopic (exact) mass is 406 g/mol. The number of fused-ring (bicyclic) bond motifs is 1. The lowest BCUT2D eigenvalue weighted by Crippen LogP contribution is -2.70. The molecule has 4 heteroatoms. The van der Waals surface area contributed by atoms with E-state index in [2.05, 4.69) is 13.8 Å². The highest BCUT2D eigenvalue weighted by Gasteiger charge is 2.66. The Balaban J connectivity index is 1.76. The van der Waals surface area contributed by atoms with Crippen LogP contribution in [0.3, 0.4) is 0 Å². The average molecular weight is 407 g/mol. The molecule has 0 spiro atoms. The van der Waals surface area contributed by atoms with Crippen molar-refractivity contribution in [2.24, 2.45) is 23.7 Å². The Morgan fingerprint density at radius 3 is 2.55 bits per heavy atom. The van der Waals surface area contributed by atoms with Gasteiger partial charge in [0, 0.05) is 24.4 Å². The van der Waals surface area contributed by atoms with Gasteiger partial charge in [-0.3, -0.25) is 4.79 Å². The summed E-state index contributed by atoms with van der Waals surface area (Å²) in [4.78, 5) is 13.2. The molecule has 3 rings (SSSR count). The second-order valence-electron chi connectivity index (χ2n) is 9.69. The summed E-state index contributed by atoms with van der Waals surface area (Å²) in [6, 6.07) is 0. The third-order valence-corrected chi connectivity index (χ3v) is 7.79. The second kappa shape index (κ2) is 10.5. The molecular weight excluding hydrogens is 364 g/mol. The molecule has 2 N–H and O–H groups in total. The number of rotatable bonds is 10. The highest BCUT2D eigenvalue weighted by molar-refractivity contribution is 5.97. The number of ether oxygens (including phenoxy) is 1. The van der Waals surface area contributed by atoms with Gasteiger partial charge in [0.05, 0.1) is 12.2 Å². The lowest BCUT2D eigenvalue weighted by Gasteiger charge is -2.59. The summed E-state index contributed by atoms with van der Waals surface area (Å²) in [7, 11) is 0. The van der Waals surface area contributed by atoms with Crippen molar-refractivity contribution in [3.8, 4) is 0 Å². The van der Waals surface area contributed by atoms with Crippen LogP contribution in [-0.2, 0) is 9.53 Å². The van der Waals surface area contributed by atoms with Crippen LogP contribution >= 0.6 is 0 Å². The van der Waals surface area contributed by atoms with E-state index in [0.29, 0.717) is 25.4 Å². The molecule has 0 aliphatic heterocycles. The molecule has 166 valence electrons. The molecule has 0 radical (unpaired) electrons. The van der Waals surface area contributed by atoms with Gasteiger partial charge in [0.25, 0.3) is 0 Å². The minimum atomic E-state index is -0.697. The molecule has 0 aromatic rings. The lowest BCUT2D eigenvalue weighted by atomic mass is 9.49. The molecule has 0 aromatic heterocycles. The Labute approximate surface area is 177 Å². The van der Waals surface area contributed by atoms with E-state index in [-0.39, 0.29) is 23.5 Å². The molecule has 3 saturated carbocycles. The van der Waals surface area contributed by atoms with Crippen molar-refractivity contribution in [2.75, 3.05) is 6.61 Å². The van der Waals surface area contributed by atoms with Crippen molar-refractivity contribution >= 4 is 5.78 Å². The van der Waals surface area contributed by atoms with E-state index in [0.717, 1.165) is 44.9 Å². The number of hydrogen-bond donors (Lipinski definition) is 2. The van der Waals surface area contributed by atoms with Crippen LogP contribution in [0.1, 0.15) is 90.9 Å². The number of ketones is 1. The van der Waals surface area contributed by atoms with Gasteiger partial charge >= 0.3 is 0 Å². The molecule has 0 saturated heterocycles. The Morgan fingerprint density at radius 2 is 1.86 bits per heavy atom. The van der Waals surface area contributed by atoms with Crippen LogP contribution < -0.4 is 0 Å². The molecule has 29 heavy (non-hydrogen) atoms. The van der Waals surface area contributed by atoms with Crippen LogP contribution in [0, 0.1) is 23.7 Å². The van der Waals surface area contributed by atoms with Crippen LogP contribution in [-0.4, -0.2) is 40.4 Å². The second-order valence-corrected chi connectivity index (χ2v) is 9.69. The largest absolute Gasteiger partial charge is 0.393 e. The highest BCUT2D eigenvalue weighted by atomic mass is 16.5. The fraction of sp³-hybridized carbons (Fsp3) is 0.880. The number of unbranched alkanes of at least 4 members (excludes halogenated alkanes) is 2. The Hall–Kier alpha value is -0.710. The molecule has 3 aliphatic carbocycles. The SMILES string of the molecule is CCCCOC12CC[C@H](O)[C@@H](/C=C/[C@H](O)C3CCCCC3)[C@@H]1C(CCCC)C2=O. The maximum atomic E-state index is 13.2. The van der Waals surface area contributed by atoms with Gasteiger partial charge in [0.15, 0.2) is 5.78 Å². The number of aliphatic hydroxyl groups excluding tert-OH is 2. The molecule has 6 atom stereocenters. The third-order valence-electron chi connectivity index (χ3n) is 7.79. The molecule has 0 aromatic carbocycles.